The second-order valence-corrected chi connectivity index (χ2v) is 3.18. The molecule has 0 spiro atoms. The van der Waals surface area contributed by atoms with Gasteiger partial charge in [0.25, 0.3) is 0 Å². The summed E-state index contributed by atoms with van der Waals surface area (Å²) >= 11 is 0. The highest BCUT2D eigenvalue weighted by Gasteiger charge is 2.23. The van der Waals surface area contributed by atoms with Gasteiger partial charge in [-0.3, -0.25) is 4.79 Å². The van der Waals surface area contributed by atoms with Crippen molar-refractivity contribution in [3.05, 3.63) is 0 Å². The van der Waals surface area contributed by atoms with Gasteiger partial charge in [0.2, 0.25) is 5.91 Å². The molecule has 0 aromatic heterocycles. The van der Waals surface area contributed by atoms with Crippen molar-refractivity contribution in [2.45, 2.75) is 60.7 Å². The van der Waals surface area contributed by atoms with Crippen LogP contribution in [-0.4, -0.2) is 36.1 Å². The molecular weight excluding hydrogens is 190 g/mol. The molecule has 2 atom stereocenters. The number of ether oxygens (including phenoxy) is 1. The van der Waals surface area contributed by atoms with Crippen molar-refractivity contribution in [1.82, 2.24) is 4.90 Å². The SMILES string of the molecule is CC.CC.CC(=O)N1CC(C)OC(C)C1. The molecule has 0 saturated carbocycles. The number of rotatable bonds is 0. The average Bonchev–Trinajstić information content (AvgIpc) is 2.22. The van der Waals surface area contributed by atoms with Gasteiger partial charge in [-0.15, -0.1) is 0 Å². The number of morpholine rings is 1. The zero-order valence-electron chi connectivity index (χ0n) is 11.3. The molecule has 2 unspecified atom stereocenters. The van der Waals surface area contributed by atoms with Crippen LogP contribution in [0.25, 0.3) is 0 Å². The molecular formula is C12H27NO2. The van der Waals surface area contributed by atoms with Crippen LogP contribution in [0.5, 0.6) is 0 Å². The molecule has 0 bridgehead atoms. The maximum absolute atomic E-state index is 11.0. The number of carbonyl (C=O) groups is 1. The second kappa shape index (κ2) is 9.97. The van der Waals surface area contributed by atoms with E-state index in [1.807, 2.05) is 46.4 Å². The summed E-state index contributed by atoms with van der Waals surface area (Å²) in [5.41, 5.74) is 0. The van der Waals surface area contributed by atoms with Crippen LogP contribution in [-0.2, 0) is 9.53 Å². The monoisotopic (exact) mass is 217 g/mol. The van der Waals surface area contributed by atoms with Crippen molar-refractivity contribution in [1.29, 1.82) is 0 Å². The zero-order valence-corrected chi connectivity index (χ0v) is 11.3. The summed E-state index contributed by atoms with van der Waals surface area (Å²) in [5, 5.41) is 0. The number of amides is 1. The van der Waals surface area contributed by atoms with Crippen molar-refractivity contribution in [2.24, 2.45) is 0 Å². The van der Waals surface area contributed by atoms with Gasteiger partial charge < -0.3 is 9.64 Å². The van der Waals surface area contributed by atoms with Gasteiger partial charge in [-0.1, -0.05) is 27.7 Å². The van der Waals surface area contributed by atoms with Crippen LogP contribution in [0, 0.1) is 0 Å². The van der Waals surface area contributed by atoms with Crippen molar-refractivity contribution in [2.75, 3.05) is 13.1 Å². The molecule has 1 aliphatic heterocycles. The highest BCUT2D eigenvalue weighted by molar-refractivity contribution is 5.73. The van der Waals surface area contributed by atoms with Crippen LogP contribution in [0.15, 0.2) is 0 Å². The van der Waals surface area contributed by atoms with E-state index in [9.17, 15) is 4.79 Å². The molecule has 0 aromatic rings. The first-order chi connectivity index (χ1) is 7.09. The van der Waals surface area contributed by atoms with Gasteiger partial charge in [0, 0.05) is 20.0 Å². The average molecular weight is 217 g/mol. The lowest BCUT2D eigenvalue weighted by Crippen LogP contribution is -2.47. The van der Waals surface area contributed by atoms with Crippen LogP contribution >= 0.6 is 0 Å². The summed E-state index contributed by atoms with van der Waals surface area (Å²) in [6.07, 6.45) is 0.366. The molecule has 1 aliphatic rings. The van der Waals surface area contributed by atoms with Crippen LogP contribution in [0.1, 0.15) is 48.5 Å². The Hall–Kier alpha value is -0.570. The smallest absolute Gasteiger partial charge is 0.219 e. The first-order valence-electron chi connectivity index (χ1n) is 6.00. The van der Waals surface area contributed by atoms with Gasteiger partial charge in [0.1, 0.15) is 0 Å². The molecule has 0 aromatic carbocycles. The lowest BCUT2D eigenvalue weighted by atomic mass is 10.2. The van der Waals surface area contributed by atoms with Crippen LogP contribution in [0.4, 0.5) is 0 Å². The Labute approximate surface area is 94.8 Å². The highest BCUT2D eigenvalue weighted by atomic mass is 16.5. The zero-order chi connectivity index (χ0) is 12.4. The van der Waals surface area contributed by atoms with Gasteiger partial charge in [-0.25, -0.2) is 0 Å². The van der Waals surface area contributed by atoms with Gasteiger partial charge in [0.15, 0.2) is 0 Å². The molecule has 0 aliphatic carbocycles. The molecule has 92 valence electrons. The Bertz CT molecular complexity index is 150. The van der Waals surface area contributed by atoms with E-state index in [4.69, 9.17) is 4.74 Å². The fraction of sp³-hybridized carbons (Fsp3) is 0.917. The summed E-state index contributed by atoms with van der Waals surface area (Å²) in [5.74, 6) is 0.145. The predicted molar refractivity (Wildman–Crippen MR) is 65.0 cm³/mol. The lowest BCUT2D eigenvalue weighted by Gasteiger charge is -2.34. The topological polar surface area (TPSA) is 29.5 Å². The maximum atomic E-state index is 11.0. The predicted octanol–water partition coefficient (Wildman–Crippen LogP) is 2.69. The van der Waals surface area contributed by atoms with Gasteiger partial charge in [-0.05, 0) is 13.8 Å². The van der Waals surface area contributed by atoms with E-state index in [0.717, 1.165) is 13.1 Å². The van der Waals surface area contributed by atoms with E-state index in [2.05, 4.69) is 0 Å². The lowest BCUT2D eigenvalue weighted by molar-refractivity contribution is -0.140. The summed E-state index contributed by atoms with van der Waals surface area (Å²) in [4.78, 5) is 12.8. The maximum Gasteiger partial charge on any atom is 0.219 e. The van der Waals surface area contributed by atoms with Gasteiger partial charge in [-0.2, -0.15) is 0 Å². The first-order valence-corrected chi connectivity index (χ1v) is 6.00. The molecule has 0 N–H and O–H groups in total. The Morgan fingerprint density at radius 3 is 1.67 bits per heavy atom. The van der Waals surface area contributed by atoms with Gasteiger partial charge >= 0.3 is 0 Å². The van der Waals surface area contributed by atoms with E-state index >= 15 is 0 Å². The normalized spacial score (nSPS) is 24.3. The van der Waals surface area contributed by atoms with Crippen LogP contribution < -0.4 is 0 Å². The molecule has 3 heteroatoms. The third kappa shape index (κ3) is 7.37. The number of nitrogens with zero attached hydrogens (tertiary/aromatic N) is 1. The molecule has 0 radical (unpaired) electrons. The van der Waals surface area contributed by atoms with Gasteiger partial charge in [0.05, 0.1) is 12.2 Å². The third-order valence-electron chi connectivity index (χ3n) is 1.86. The quantitative estimate of drug-likeness (QED) is 0.624. The third-order valence-corrected chi connectivity index (χ3v) is 1.86. The van der Waals surface area contributed by atoms with Crippen molar-refractivity contribution in [3.8, 4) is 0 Å². The minimum atomic E-state index is 0.145. The molecule has 1 amide bonds. The Morgan fingerprint density at radius 1 is 1.07 bits per heavy atom. The Kier molecular flexibility index (Phi) is 11.2. The fourth-order valence-electron chi connectivity index (χ4n) is 1.44. The molecule has 1 heterocycles. The van der Waals surface area contributed by atoms with Crippen LogP contribution in [0.3, 0.4) is 0 Å². The number of hydrogen-bond acceptors (Lipinski definition) is 2. The molecule has 15 heavy (non-hydrogen) atoms. The van der Waals surface area contributed by atoms with Crippen LogP contribution in [0.2, 0.25) is 0 Å². The summed E-state index contributed by atoms with van der Waals surface area (Å²) in [7, 11) is 0. The largest absolute Gasteiger partial charge is 0.372 e. The minimum absolute atomic E-state index is 0.145. The summed E-state index contributed by atoms with van der Waals surface area (Å²) < 4.78 is 5.47. The van der Waals surface area contributed by atoms with E-state index in [1.165, 1.54) is 0 Å². The summed E-state index contributed by atoms with van der Waals surface area (Å²) in [6.45, 7) is 15.1. The Balaban J connectivity index is 0. The highest BCUT2D eigenvalue weighted by Crippen LogP contribution is 2.09. The standard InChI is InChI=1S/C8H15NO2.2C2H6/c1-6-4-9(8(3)10)5-7(2)11-6;2*1-2/h6-7H,4-5H2,1-3H3;2*1-2H3. The molecule has 1 rings (SSSR count). The van der Waals surface area contributed by atoms with Crippen molar-refractivity contribution < 1.29 is 9.53 Å². The minimum Gasteiger partial charge on any atom is -0.372 e. The van der Waals surface area contributed by atoms with Crippen molar-refractivity contribution in [3.63, 3.8) is 0 Å². The van der Waals surface area contributed by atoms with E-state index < -0.39 is 0 Å². The second-order valence-electron chi connectivity index (χ2n) is 3.18. The van der Waals surface area contributed by atoms with E-state index in [0.29, 0.717) is 0 Å². The fourth-order valence-corrected chi connectivity index (χ4v) is 1.44. The summed E-state index contributed by atoms with van der Waals surface area (Å²) in [6, 6.07) is 0. The van der Waals surface area contributed by atoms with E-state index in [-0.39, 0.29) is 18.1 Å². The number of carbonyl (C=O) groups excluding carboxylic acids is 1. The molecule has 1 saturated heterocycles. The first kappa shape index (κ1) is 16.8. The number of hydrogen-bond donors (Lipinski definition) is 0. The Morgan fingerprint density at radius 2 is 1.40 bits per heavy atom. The molecule has 1 fully saturated rings. The van der Waals surface area contributed by atoms with E-state index in [1.54, 1.807) is 6.92 Å². The molecule has 3 nitrogen and oxygen atoms in total. The van der Waals surface area contributed by atoms with Crippen molar-refractivity contribution >= 4 is 5.91 Å².